The molecule has 0 saturated carbocycles. The van der Waals surface area contributed by atoms with Crippen LogP contribution < -0.4 is 5.32 Å². The van der Waals surface area contributed by atoms with Gasteiger partial charge in [-0.25, -0.2) is 0 Å². The zero-order valence-electron chi connectivity index (χ0n) is 9.47. The summed E-state index contributed by atoms with van der Waals surface area (Å²) in [6.07, 6.45) is 3.27. The smallest absolute Gasteiger partial charge is 0.234 e. The summed E-state index contributed by atoms with van der Waals surface area (Å²) in [4.78, 5) is 16.5. The van der Waals surface area contributed by atoms with Gasteiger partial charge in [0.05, 0.1) is 10.8 Å². The van der Waals surface area contributed by atoms with Crippen molar-refractivity contribution in [1.29, 1.82) is 0 Å². The number of pyridine rings is 1. The number of thioether (sulfide) groups is 1. The fourth-order valence-corrected chi connectivity index (χ4v) is 2.38. The van der Waals surface area contributed by atoms with Gasteiger partial charge >= 0.3 is 0 Å². The lowest BCUT2D eigenvalue weighted by atomic mass is 10.4. The maximum atomic E-state index is 11.7. The second-order valence-electron chi connectivity index (χ2n) is 3.50. The number of hydrogen-bond donors (Lipinski definition) is 1. The number of anilines is 1. The van der Waals surface area contributed by atoms with E-state index in [9.17, 15) is 4.79 Å². The minimum Gasteiger partial charge on any atom is -0.325 e. The summed E-state index contributed by atoms with van der Waals surface area (Å²) < 4.78 is 0. The molecule has 0 fully saturated rings. The summed E-state index contributed by atoms with van der Waals surface area (Å²) in [5.74, 6) is 0.262. The molecule has 3 nitrogen and oxygen atoms in total. The molecule has 0 aliphatic rings. The van der Waals surface area contributed by atoms with Gasteiger partial charge in [-0.2, -0.15) is 0 Å². The normalized spacial score (nSPS) is 10.1. The number of rotatable bonds is 4. The highest BCUT2D eigenvalue weighted by atomic mass is 35.5. The molecule has 0 spiro atoms. The third-order valence-corrected chi connectivity index (χ3v) is 3.67. The Morgan fingerprint density at radius 2 is 1.94 bits per heavy atom. The van der Waals surface area contributed by atoms with Crippen molar-refractivity contribution in [2.45, 2.75) is 4.90 Å². The lowest BCUT2D eigenvalue weighted by Gasteiger charge is -2.05. The van der Waals surface area contributed by atoms with E-state index in [0.717, 1.165) is 10.6 Å². The van der Waals surface area contributed by atoms with Gasteiger partial charge < -0.3 is 5.32 Å². The van der Waals surface area contributed by atoms with Gasteiger partial charge in [-0.05, 0) is 24.3 Å². The first-order valence-electron chi connectivity index (χ1n) is 5.33. The number of nitrogens with zero attached hydrogens (tertiary/aromatic N) is 1. The fraction of sp³-hybridized carbons (Fsp3) is 0.0769. The number of amides is 1. The van der Waals surface area contributed by atoms with Crippen LogP contribution in [-0.4, -0.2) is 16.6 Å². The van der Waals surface area contributed by atoms with Gasteiger partial charge in [0.15, 0.2) is 0 Å². The topological polar surface area (TPSA) is 42.0 Å². The number of halogens is 1. The zero-order valence-corrected chi connectivity index (χ0v) is 11.0. The standard InChI is InChI=1S/C13H11ClN2OS/c14-11-3-1-2-4-12(11)18-9-13(17)16-10-5-7-15-8-6-10/h1-8H,9H2,(H,15,16,17). The number of benzene rings is 1. The molecule has 1 amide bonds. The summed E-state index contributed by atoms with van der Waals surface area (Å²) in [6.45, 7) is 0. The Morgan fingerprint density at radius 1 is 1.22 bits per heavy atom. The molecular weight excluding hydrogens is 268 g/mol. The van der Waals surface area contributed by atoms with Crippen LogP contribution >= 0.6 is 23.4 Å². The van der Waals surface area contributed by atoms with E-state index in [2.05, 4.69) is 10.3 Å². The lowest BCUT2D eigenvalue weighted by molar-refractivity contribution is -0.113. The number of aromatic nitrogens is 1. The van der Waals surface area contributed by atoms with Crippen LogP contribution in [-0.2, 0) is 4.79 Å². The van der Waals surface area contributed by atoms with E-state index >= 15 is 0 Å². The molecule has 2 rings (SSSR count). The third-order valence-electron chi connectivity index (χ3n) is 2.16. The fourth-order valence-electron chi connectivity index (χ4n) is 1.34. The van der Waals surface area contributed by atoms with Crippen molar-refractivity contribution in [3.05, 3.63) is 53.8 Å². The van der Waals surface area contributed by atoms with Crippen LogP contribution in [0.5, 0.6) is 0 Å². The van der Waals surface area contributed by atoms with Gasteiger partial charge in [-0.3, -0.25) is 9.78 Å². The first-order valence-corrected chi connectivity index (χ1v) is 6.69. The minimum absolute atomic E-state index is 0.0638. The quantitative estimate of drug-likeness (QED) is 0.871. The third kappa shape index (κ3) is 3.75. The molecule has 2 aromatic rings. The van der Waals surface area contributed by atoms with Crippen molar-refractivity contribution in [2.24, 2.45) is 0 Å². The summed E-state index contributed by atoms with van der Waals surface area (Å²) >= 11 is 7.42. The summed E-state index contributed by atoms with van der Waals surface area (Å²) in [7, 11) is 0. The number of carbonyl (C=O) groups is 1. The van der Waals surface area contributed by atoms with Gasteiger partial charge in [-0.15, -0.1) is 11.8 Å². The van der Waals surface area contributed by atoms with Crippen LogP contribution in [0.2, 0.25) is 5.02 Å². The van der Waals surface area contributed by atoms with Crippen molar-refractivity contribution in [1.82, 2.24) is 4.98 Å². The highest BCUT2D eigenvalue weighted by Crippen LogP contribution is 2.26. The SMILES string of the molecule is O=C(CSc1ccccc1Cl)Nc1ccncc1. The Kier molecular flexibility index (Phi) is 4.61. The van der Waals surface area contributed by atoms with Crippen molar-refractivity contribution in [2.75, 3.05) is 11.1 Å². The Morgan fingerprint density at radius 3 is 2.67 bits per heavy atom. The molecule has 0 aliphatic carbocycles. The van der Waals surface area contributed by atoms with Crippen molar-refractivity contribution in [3.63, 3.8) is 0 Å². The molecule has 0 aliphatic heterocycles. The molecule has 1 N–H and O–H groups in total. The van der Waals surface area contributed by atoms with E-state index < -0.39 is 0 Å². The molecule has 0 saturated heterocycles. The summed E-state index contributed by atoms with van der Waals surface area (Å²) in [5, 5.41) is 3.45. The number of hydrogen-bond acceptors (Lipinski definition) is 3. The van der Waals surface area contributed by atoms with Crippen molar-refractivity contribution < 1.29 is 4.79 Å². The van der Waals surface area contributed by atoms with Crippen LogP contribution in [0.4, 0.5) is 5.69 Å². The average Bonchev–Trinajstić information content (AvgIpc) is 2.39. The molecule has 1 aromatic carbocycles. The van der Waals surface area contributed by atoms with E-state index in [1.165, 1.54) is 11.8 Å². The van der Waals surface area contributed by atoms with E-state index in [1.807, 2.05) is 24.3 Å². The van der Waals surface area contributed by atoms with E-state index in [1.54, 1.807) is 24.5 Å². The Hall–Kier alpha value is -1.52. The second-order valence-corrected chi connectivity index (χ2v) is 4.93. The zero-order chi connectivity index (χ0) is 12.8. The van der Waals surface area contributed by atoms with E-state index in [0.29, 0.717) is 10.8 Å². The van der Waals surface area contributed by atoms with Crippen LogP contribution in [0.25, 0.3) is 0 Å². The molecule has 0 radical (unpaired) electrons. The van der Waals surface area contributed by atoms with Gasteiger partial charge in [0.1, 0.15) is 0 Å². The molecular formula is C13H11ClN2OS. The molecule has 18 heavy (non-hydrogen) atoms. The monoisotopic (exact) mass is 278 g/mol. The second kappa shape index (κ2) is 6.42. The Balaban J connectivity index is 1.88. The van der Waals surface area contributed by atoms with Gasteiger partial charge in [0.25, 0.3) is 0 Å². The predicted molar refractivity (Wildman–Crippen MR) is 75.0 cm³/mol. The molecule has 92 valence electrons. The first-order chi connectivity index (χ1) is 8.75. The van der Waals surface area contributed by atoms with Crippen LogP contribution in [0.3, 0.4) is 0 Å². The van der Waals surface area contributed by atoms with Crippen LogP contribution in [0, 0.1) is 0 Å². The van der Waals surface area contributed by atoms with Crippen molar-refractivity contribution >= 4 is 35.0 Å². The number of nitrogens with one attached hydrogen (secondary N) is 1. The number of carbonyl (C=O) groups excluding carboxylic acids is 1. The largest absolute Gasteiger partial charge is 0.325 e. The van der Waals surface area contributed by atoms with Gasteiger partial charge in [-0.1, -0.05) is 23.7 Å². The Bertz CT molecular complexity index is 534. The molecule has 1 heterocycles. The van der Waals surface area contributed by atoms with Crippen molar-refractivity contribution in [3.8, 4) is 0 Å². The first kappa shape index (κ1) is 12.9. The Labute approximate surface area is 115 Å². The molecule has 0 atom stereocenters. The predicted octanol–water partition coefficient (Wildman–Crippen LogP) is 3.47. The lowest BCUT2D eigenvalue weighted by Crippen LogP contribution is -2.13. The average molecular weight is 279 g/mol. The summed E-state index contributed by atoms with van der Waals surface area (Å²) in [5.41, 5.74) is 0.745. The maximum absolute atomic E-state index is 11.7. The van der Waals surface area contributed by atoms with Gasteiger partial charge in [0, 0.05) is 23.0 Å². The molecule has 1 aromatic heterocycles. The highest BCUT2D eigenvalue weighted by Gasteiger charge is 2.05. The van der Waals surface area contributed by atoms with Gasteiger partial charge in [0.2, 0.25) is 5.91 Å². The molecule has 0 bridgehead atoms. The molecule has 5 heteroatoms. The van der Waals surface area contributed by atoms with E-state index in [-0.39, 0.29) is 5.91 Å². The minimum atomic E-state index is -0.0638. The molecule has 0 unspecified atom stereocenters. The van der Waals surface area contributed by atoms with Crippen LogP contribution in [0.1, 0.15) is 0 Å². The highest BCUT2D eigenvalue weighted by molar-refractivity contribution is 8.00. The van der Waals surface area contributed by atoms with E-state index in [4.69, 9.17) is 11.6 Å². The maximum Gasteiger partial charge on any atom is 0.234 e. The summed E-state index contributed by atoms with van der Waals surface area (Å²) in [6, 6.07) is 11.0. The van der Waals surface area contributed by atoms with Crippen LogP contribution in [0.15, 0.2) is 53.7 Å².